The number of urea groups is 1. The Balaban J connectivity index is 0.000000203. The summed E-state index contributed by atoms with van der Waals surface area (Å²) in [7, 11) is 0. The van der Waals surface area contributed by atoms with Gasteiger partial charge < -0.3 is 15.7 Å². The van der Waals surface area contributed by atoms with Gasteiger partial charge in [-0.1, -0.05) is 0 Å². The summed E-state index contributed by atoms with van der Waals surface area (Å²) in [6.45, 7) is 1.93. The third kappa shape index (κ3) is 3.99. The normalized spacial score (nSPS) is 21.2. The minimum Gasteiger partial charge on any atom is -0.475 e. The molecule has 1 fully saturated rings. The van der Waals surface area contributed by atoms with Gasteiger partial charge in [0, 0.05) is 6.21 Å². The van der Waals surface area contributed by atoms with Gasteiger partial charge in [0.15, 0.2) is 0 Å². The lowest BCUT2D eigenvalue weighted by Crippen LogP contribution is -2.51. The minimum absolute atomic E-state index is 0.109. The van der Waals surface area contributed by atoms with Gasteiger partial charge in [0.1, 0.15) is 0 Å². The van der Waals surface area contributed by atoms with Gasteiger partial charge in [0.25, 0.3) is 0 Å². The first-order valence-electron chi connectivity index (χ1n) is 5.13. The van der Waals surface area contributed by atoms with E-state index >= 15 is 0 Å². The van der Waals surface area contributed by atoms with Crippen LogP contribution in [-0.4, -0.2) is 48.1 Å². The number of carboxylic acids is 1. The Morgan fingerprint density at radius 3 is 2.22 bits per heavy atom. The molecule has 0 unspecified atom stereocenters. The summed E-state index contributed by atoms with van der Waals surface area (Å²) in [5.41, 5.74) is -0.109. The van der Waals surface area contributed by atoms with Crippen molar-refractivity contribution < 1.29 is 27.9 Å². The van der Waals surface area contributed by atoms with Crippen molar-refractivity contribution in [2.45, 2.75) is 24.6 Å². The zero-order valence-corrected chi connectivity index (χ0v) is 9.25. The Morgan fingerprint density at radius 1 is 1.39 bits per heavy atom. The van der Waals surface area contributed by atoms with Crippen molar-refractivity contribution in [3.05, 3.63) is 0 Å². The van der Waals surface area contributed by atoms with Crippen LogP contribution in [-0.2, 0) is 4.79 Å². The number of hydrogen-bond acceptors (Lipinski definition) is 3. The van der Waals surface area contributed by atoms with Crippen LogP contribution >= 0.6 is 0 Å². The fourth-order valence-corrected chi connectivity index (χ4v) is 1.59. The van der Waals surface area contributed by atoms with E-state index in [4.69, 9.17) is 9.90 Å². The number of alkyl halides is 3. The molecule has 2 heterocycles. The second kappa shape index (κ2) is 5.34. The van der Waals surface area contributed by atoms with Gasteiger partial charge in [-0.3, -0.25) is 0 Å². The molecule has 9 heteroatoms. The molecule has 2 amide bonds. The molecule has 0 aromatic carbocycles. The molecule has 3 N–H and O–H groups in total. The van der Waals surface area contributed by atoms with Crippen LogP contribution in [0.2, 0.25) is 0 Å². The maximum Gasteiger partial charge on any atom is 0.490 e. The van der Waals surface area contributed by atoms with E-state index < -0.39 is 12.1 Å². The summed E-state index contributed by atoms with van der Waals surface area (Å²) < 4.78 is 31.7. The quantitative estimate of drug-likeness (QED) is 0.597. The summed E-state index contributed by atoms with van der Waals surface area (Å²) >= 11 is 0. The van der Waals surface area contributed by atoms with Gasteiger partial charge in [0.05, 0.1) is 5.54 Å². The fourth-order valence-electron chi connectivity index (χ4n) is 1.59. The van der Waals surface area contributed by atoms with Crippen molar-refractivity contribution in [1.82, 2.24) is 10.6 Å². The lowest BCUT2D eigenvalue weighted by Gasteiger charge is -2.30. The van der Waals surface area contributed by atoms with Crippen molar-refractivity contribution in [2.24, 2.45) is 4.99 Å². The molecule has 0 bridgehead atoms. The highest BCUT2D eigenvalue weighted by molar-refractivity contribution is 5.95. The Morgan fingerprint density at radius 2 is 1.89 bits per heavy atom. The number of carboxylic acid groups (broad SMARTS) is 1. The number of hydrogen-bond donors (Lipinski definition) is 3. The molecule has 2 aliphatic rings. The molecule has 2 rings (SSSR count). The van der Waals surface area contributed by atoms with Gasteiger partial charge in [-0.15, -0.1) is 0 Å². The molecule has 102 valence electrons. The molecule has 1 saturated heterocycles. The van der Waals surface area contributed by atoms with Crippen LogP contribution in [0.1, 0.15) is 12.8 Å². The average Bonchev–Trinajstić information content (AvgIpc) is 2.60. The van der Waals surface area contributed by atoms with E-state index in [2.05, 4.69) is 15.6 Å². The van der Waals surface area contributed by atoms with Crippen LogP contribution in [0, 0.1) is 0 Å². The molecule has 6 nitrogen and oxygen atoms in total. The number of halogens is 3. The minimum atomic E-state index is -5.08. The van der Waals surface area contributed by atoms with E-state index in [1.54, 1.807) is 6.21 Å². The molecule has 0 atom stereocenters. The van der Waals surface area contributed by atoms with Gasteiger partial charge in [0.2, 0.25) is 0 Å². The first-order valence-corrected chi connectivity index (χ1v) is 5.13. The third-order valence-corrected chi connectivity index (χ3v) is 2.52. The lowest BCUT2D eigenvalue weighted by atomic mass is 9.91. The maximum atomic E-state index is 10.8. The smallest absolute Gasteiger partial charge is 0.475 e. The first kappa shape index (κ1) is 14.4. The second-order valence-corrected chi connectivity index (χ2v) is 3.90. The number of carbonyl (C=O) groups is 2. The van der Waals surface area contributed by atoms with Crippen LogP contribution in [0.5, 0.6) is 0 Å². The van der Waals surface area contributed by atoms with E-state index in [0.717, 1.165) is 25.9 Å². The highest BCUT2D eigenvalue weighted by Crippen LogP contribution is 2.19. The van der Waals surface area contributed by atoms with Crippen LogP contribution in [0.25, 0.3) is 0 Å². The molecule has 2 aliphatic heterocycles. The van der Waals surface area contributed by atoms with E-state index in [0.29, 0.717) is 0 Å². The van der Waals surface area contributed by atoms with Crippen LogP contribution in [0.15, 0.2) is 4.99 Å². The van der Waals surface area contributed by atoms with Crippen molar-refractivity contribution in [3.8, 4) is 0 Å². The highest BCUT2D eigenvalue weighted by Gasteiger charge is 2.38. The summed E-state index contributed by atoms with van der Waals surface area (Å²) in [4.78, 5) is 23.4. The molecule has 0 aromatic heterocycles. The average molecular weight is 267 g/mol. The zero-order valence-electron chi connectivity index (χ0n) is 9.25. The van der Waals surface area contributed by atoms with E-state index in [9.17, 15) is 18.0 Å². The monoisotopic (exact) mass is 267 g/mol. The molecular formula is C9H12F3N3O3. The topological polar surface area (TPSA) is 90.8 Å². The third-order valence-electron chi connectivity index (χ3n) is 2.52. The van der Waals surface area contributed by atoms with Crippen molar-refractivity contribution in [2.75, 3.05) is 13.1 Å². The Hall–Kier alpha value is -1.64. The molecule has 0 aliphatic carbocycles. The second-order valence-electron chi connectivity index (χ2n) is 3.90. The number of rotatable bonds is 0. The van der Waals surface area contributed by atoms with Gasteiger partial charge in [-0.25, -0.2) is 14.6 Å². The Kier molecular flexibility index (Phi) is 4.28. The number of aliphatic carboxylic acids is 1. The molecule has 18 heavy (non-hydrogen) atoms. The fraction of sp³-hybridized carbons (Fsp3) is 0.667. The molecule has 1 spiro atoms. The number of piperidine rings is 1. The first-order chi connectivity index (χ1) is 8.25. The molecule has 0 aromatic rings. The largest absolute Gasteiger partial charge is 0.490 e. The van der Waals surface area contributed by atoms with Crippen molar-refractivity contribution in [3.63, 3.8) is 0 Å². The maximum absolute atomic E-state index is 10.8. The predicted molar refractivity (Wildman–Crippen MR) is 55.5 cm³/mol. The number of nitrogens with zero attached hydrogens (tertiary/aromatic N) is 1. The van der Waals surface area contributed by atoms with Crippen molar-refractivity contribution in [1.29, 1.82) is 0 Å². The molecule has 0 saturated carbocycles. The summed E-state index contributed by atoms with van der Waals surface area (Å²) in [6, 6.07) is -0.188. The molecular weight excluding hydrogens is 255 g/mol. The Bertz CT molecular complexity index is 362. The van der Waals surface area contributed by atoms with Crippen LogP contribution in [0.4, 0.5) is 18.0 Å². The highest BCUT2D eigenvalue weighted by atomic mass is 19.4. The number of nitrogens with one attached hydrogen (secondary N) is 2. The van der Waals surface area contributed by atoms with E-state index in [1.807, 2.05) is 0 Å². The Labute approximate surface area is 100 Å². The van der Waals surface area contributed by atoms with Crippen LogP contribution < -0.4 is 10.6 Å². The number of amides is 2. The molecule has 0 radical (unpaired) electrons. The van der Waals surface area contributed by atoms with Crippen molar-refractivity contribution >= 4 is 18.2 Å². The van der Waals surface area contributed by atoms with Gasteiger partial charge in [-0.2, -0.15) is 13.2 Å². The number of carbonyl (C=O) groups excluding carboxylic acids is 1. The van der Waals surface area contributed by atoms with Crippen LogP contribution in [0.3, 0.4) is 0 Å². The standard InChI is InChI=1S/C7H11N3O.C2HF3O2/c11-6-9-5-7(10-6)1-3-8-4-2-7;3-2(4,5)1(6)7/h5,8H,1-4H2,(H,10,11);(H,6,7). The summed E-state index contributed by atoms with van der Waals surface area (Å²) in [5, 5.41) is 13.2. The summed E-state index contributed by atoms with van der Waals surface area (Å²) in [5.74, 6) is -2.76. The lowest BCUT2D eigenvalue weighted by molar-refractivity contribution is -0.192. The van der Waals surface area contributed by atoms with E-state index in [1.165, 1.54) is 0 Å². The van der Waals surface area contributed by atoms with Gasteiger partial charge in [-0.05, 0) is 25.9 Å². The van der Waals surface area contributed by atoms with E-state index in [-0.39, 0.29) is 11.6 Å². The van der Waals surface area contributed by atoms with Gasteiger partial charge >= 0.3 is 18.2 Å². The predicted octanol–water partition coefficient (Wildman–Crippen LogP) is 0.536. The SMILES string of the molecule is O=C(O)C(F)(F)F.O=C1N=CC2(CCNCC2)N1. The zero-order chi connectivity index (χ0) is 13.8. The number of aliphatic imine (C=N–C) groups is 1. The summed E-state index contributed by atoms with van der Waals surface area (Å²) in [6.07, 6.45) is -1.40.